The molecule has 0 unspecified atom stereocenters. The van der Waals surface area contributed by atoms with Crippen LogP contribution in [0.25, 0.3) is 0 Å². The molecule has 0 amide bonds. The van der Waals surface area contributed by atoms with E-state index in [4.69, 9.17) is 11.6 Å². The van der Waals surface area contributed by atoms with Gasteiger partial charge in [-0.3, -0.25) is 0 Å². The number of hydrogen-bond acceptors (Lipinski definition) is 2. The molecule has 1 N–H and O–H groups in total. The van der Waals surface area contributed by atoms with Crippen LogP contribution in [0.15, 0.2) is 46.9 Å². The molecule has 0 saturated carbocycles. The van der Waals surface area contributed by atoms with Gasteiger partial charge in [0.05, 0.1) is 0 Å². The van der Waals surface area contributed by atoms with Crippen LogP contribution in [-0.2, 0) is 12.8 Å². The lowest BCUT2D eigenvalue weighted by Crippen LogP contribution is -2.35. The molecule has 1 saturated heterocycles. The fraction of sp³-hybridized carbons (Fsp3) is 0.400. The van der Waals surface area contributed by atoms with Gasteiger partial charge in [0.25, 0.3) is 0 Å². The Morgan fingerprint density at radius 2 is 1.83 bits per heavy atom. The molecule has 2 nitrogen and oxygen atoms in total. The smallest absolute Gasteiger partial charge is 0.115 e. The minimum absolute atomic E-state index is 0.352. The first-order valence-electron chi connectivity index (χ1n) is 8.55. The average molecular weight is 409 g/mol. The van der Waals surface area contributed by atoms with Crippen LogP contribution in [-0.4, -0.2) is 29.6 Å². The van der Waals surface area contributed by atoms with E-state index in [0.717, 1.165) is 42.0 Å². The summed E-state index contributed by atoms with van der Waals surface area (Å²) in [5, 5.41) is 10.5. The zero-order chi connectivity index (χ0) is 16.9. The van der Waals surface area contributed by atoms with Crippen molar-refractivity contribution in [3.63, 3.8) is 0 Å². The van der Waals surface area contributed by atoms with E-state index >= 15 is 0 Å². The summed E-state index contributed by atoms with van der Waals surface area (Å²) in [7, 11) is 0. The number of aromatic hydroxyl groups is 1. The summed E-state index contributed by atoms with van der Waals surface area (Å²) < 4.78 is 1.10. The van der Waals surface area contributed by atoms with Crippen LogP contribution in [0, 0.1) is 5.92 Å². The van der Waals surface area contributed by atoms with Gasteiger partial charge in [0.1, 0.15) is 5.75 Å². The molecule has 0 spiro atoms. The number of piperidine rings is 1. The summed E-state index contributed by atoms with van der Waals surface area (Å²) in [6, 6.07) is 13.7. The first kappa shape index (κ1) is 17.8. The van der Waals surface area contributed by atoms with Crippen LogP contribution in [0.3, 0.4) is 0 Å². The molecule has 128 valence electrons. The Morgan fingerprint density at radius 3 is 2.58 bits per heavy atom. The van der Waals surface area contributed by atoms with Gasteiger partial charge in [-0.25, -0.2) is 0 Å². The van der Waals surface area contributed by atoms with Gasteiger partial charge in [0.2, 0.25) is 0 Å². The van der Waals surface area contributed by atoms with E-state index in [2.05, 4.69) is 33.0 Å². The van der Waals surface area contributed by atoms with E-state index in [-0.39, 0.29) is 0 Å². The van der Waals surface area contributed by atoms with E-state index in [9.17, 15) is 5.11 Å². The van der Waals surface area contributed by atoms with E-state index in [1.54, 1.807) is 6.07 Å². The molecule has 2 aromatic rings. The highest BCUT2D eigenvalue weighted by molar-refractivity contribution is 9.10. The fourth-order valence-corrected chi connectivity index (χ4v) is 4.06. The first-order chi connectivity index (χ1) is 11.6. The predicted molar refractivity (Wildman–Crippen MR) is 104 cm³/mol. The Bertz CT molecular complexity index is 683. The highest BCUT2D eigenvalue weighted by Gasteiger charge is 2.20. The molecule has 1 aliphatic rings. The zero-order valence-corrected chi connectivity index (χ0v) is 16.1. The van der Waals surface area contributed by atoms with Gasteiger partial charge in [-0.1, -0.05) is 45.7 Å². The number of phenolic OH excluding ortho intramolecular Hbond substituents is 1. The topological polar surface area (TPSA) is 23.5 Å². The third-order valence-corrected chi connectivity index (χ3v) is 6.04. The number of likely N-dealkylation sites (tertiary alicyclic amines) is 1. The van der Waals surface area contributed by atoms with Crippen LogP contribution in [0.4, 0.5) is 0 Å². The molecule has 2 aromatic carbocycles. The van der Waals surface area contributed by atoms with Gasteiger partial charge in [0, 0.05) is 16.0 Å². The lowest BCUT2D eigenvalue weighted by atomic mass is 9.90. The molecule has 0 aromatic heterocycles. The molecular weight excluding hydrogens is 386 g/mol. The highest BCUT2D eigenvalue weighted by Crippen LogP contribution is 2.28. The summed E-state index contributed by atoms with van der Waals surface area (Å²) in [6.07, 6.45) is 4.48. The van der Waals surface area contributed by atoms with Crippen LogP contribution in [0.2, 0.25) is 5.02 Å². The quantitative estimate of drug-likeness (QED) is 0.725. The first-order valence-corrected chi connectivity index (χ1v) is 9.72. The van der Waals surface area contributed by atoms with Gasteiger partial charge in [-0.05, 0) is 80.1 Å². The SMILES string of the molecule is Oc1ccc(Br)c(CC2CCN(CCc3ccccc3Cl)CC2)c1. The second-order valence-corrected chi connectivity index (χ2v) is 7.87. The summed E-state index contributed by atoms with van der Waals surface area (Å²) in [5.41, 5.74) is 2.45. The molecule has 1 aliphatic heterocycles. The lowest BCUT2D eigenvalue weighted by Gasteiger charge is -2.32. The minimum atomic E-state index is 0.352. The normalized spacial score (nSPS) is 16.4. The van der Waals surface area contributed by atoms with Crippen molar-refractivity contribution >= 4 is 27.5 Å². The maximum Gasteiger partial charge on any atom is 0.115 e. The maximum atomic E-state index is 9.67. The highest BCUT2D eigenvalue weighted by atomic mass is 79.9. The Labute approximate surface area is 157 Å². The summed E-state index contributed by atoms with van der Waals surface area (Å²) in [4.78, 5) is 2.54. The van der Waals surface area contributed by atoms with Gasteiger partial charge >= 0.3 is 0 Å². The molecule has 0 radical (unpaired) electrons. The van der Waals surface area contributed by atoms with E-state index < -0.39 is 0 Å². The average Bonchev–Trinajstić information content (AvgIpc) is 2.59. The standard InChI is InChI=1S/C20H23BrClNO/c21-19-6-5-18(24)14-17(19)13-15-7-10-23(11-8-15)12-9-16-3-1-2-4-20(16)22/h1-6,14-15,24H,7-13H2. The number of phenols is 1. The Balaban J connectivity index is 1.47. The van der Waals surface area contributed by atoms with E-state index in [0.29, 0.717) is 11.7 Å². The summed E-state index contributed by atoms with van der Waals surface area (Å²) >= 11 is 9.83. The van der Waals surface area contributed by atoms with Crippen molar-refractivity contribution in [2.24, 2.45) is 5.92 Å². The van der Waals surface area contributed by atoms with Crippen LogP contribution < -0.4 is 0 Å². The molecule has 1 heterocycles. The fourth-order valence-electron chi connectivity index (χ4n) is 3.42. The monoisotopic (exact) mass is 407 g/mol. The molecule has 4 heteroatoms. The van der Waals surface area contributed by atoms with Crippen molar-refractivity contribution in [2.45, 2.75) is 25.7 Å². The number of benzene rings is 2. The minimum Gasteiger partial charge on any atom is -0.508 e. The van der Waals surface area contributed by atoms with Crippen molar-refractivity contribution in [3.8, 4) is 5.75 Å². The predicted octanol–water partition coefficient (Wildman–Crippen LogP) is 5.31. The van der Waals surface area contributed by atoms with Gasteiger partial charge in [-0.2, -0.15) is 0 Å². The number of rotatable bonds is 5. The van der Waals surface area contributed by atoms with E-state index in [1.165, 1.54) is 24.0 Å². The van der Waals surface area contributed by atoms with Crippen LogP contribution in [0.1, 0.15) is 24.0 Å². The molecular formula is C20H23BrClNO. The van der Waals surface area contributed by atoms with Crippen molar-refractivity contribution in [3.05, 3.63) is 63.1 Å². The summed E-state index contributed by atoms with van der Waals surface area (Å²) in [6.45, 7) is 3.36. The molecule has 0 bridgehead atoms. The van der Waals surface area contributed by atoms with Gasteiger partial charge in [0.15, 0.2) is 0 Å². The molecule has 1 fully saturated rings. The summed E-state index contributed by atoms with van der Waals surface area (Å²) in [5.74, 6) is 1.05. The number of nitrogens with zero attached hydrogens (tertiary/aromatic N) is 1. The molecule has 0 atom stereocenters. The second-order valence-electron chi connectivity index (χ2n) is 6.61. The number of hydrogen-bond donors (Lipinski definition) is 1. The zero-order valence-electron chi connectivity index (χ0n) is 13.7. The van der Waals surface area contributed by atoms with Crippen molar-refractivity contribution in [2.75, 3.05) is 19.6 Å². The van der Waals surface area contributed by atoms with Gasteiger partial charge in [-0.15, -0.1) is 0 Å². The van der Waals surface area contributed by atoms with Crippen LogP contribution in [0.5, 0.6) is 5.75 Å². The molecule has 0 aliphatic carbocycles. The largest absolute Gasteiger partial charge is 0.508 e. The molecule has 3 rings (SSSR count). The second kappa shape index (κ2) is 8.37. The molecule has 24 heavy (non-hydrogen) atoms. The Morgan fingerprint density at radius 1 is 1.08 bits per heavy atom. The van der Waals surface area contributed by atoms with Crippen LogP contribution >= 0.6 is 27.5 Å². The van der Waals surface area contributed by atoms with Crippen molar-refractivity contribution < 1.29 is 5.11 Å². The third kappa shape index (κ3) is 4.75. The van der Waals surface area contributed by atoms with E-state index in [1.807, 2.05) is 24.3 Å². The Kier molecular flexibility index (Phi) is 6.20. The Hall–Kier alpha value is -1.03. The van der Waals surface area contributed by atoms with Crippen molar-refractivity contribution in [1.82, 2.24) is 4.90 Å². The van der Waals surface area contributed by atoms with Crippen molar-refractivity contribution in [1.29, 1.82) is 0 Å². The maximum absolute atomic E-state index is 9.67. The number of halogens is 2. The lowest BCUT2D eigenvalue weighted by molar-refractivity contribution is 0.186. The van der Waals surface area contributed by atoms with Gasteiger partial charge < -0.3 is 10.0 Å². The third-order valence-electron chi connectivity index (χ3n) is 4.90.